The molecule has 2 aromatic heterocycles. The molecule has 136 valence electrons. The molecular weight excluding hydrogens is 379 g/mol. The van der Waals surface area contributed by atoms with Gasteiger partial charge in [0.05, 0.1) is 17.1 Å². The lowest BCUT2D eigenvalue weighted by Crippen LogP contribution is -2.14. The second-order valence-corrected chi connectivity index (χ2v) is 6.86. The van der Waals surface area contributed by atoms with Crippen LogP contribution in [0.3, 0.4) is 0 Å². The maximum absolute atomic E-state index is 13.1. The second kappa shape index (κ2) is 7.18. The number of para-hydroxylation sites is 1. The number of rotatable bonds is 4. The lowest BCUT2D eigenvalue weighted by Gasteiger charge is -2.05. The number of benzene rings is 2. The van der Waals surface area contributed by atoms with Crippen molar-refractivity contribution < 1.29 is 13.6 Å². The van der Waals surface area contributed by atoms with Gasteiger partial charge in [0, 0.05) is 17.0 Å². The highest BCUT2D eigenvalue weighted by Gasteiger charge is 2.28. The highest BCUT2D eigenvalue weighted by molar-refractivity contribution is 7.10. The monoisotopic (exact) mass is 390 g/mol. The molecule has 0 bridgehead atoms. The average molecular weight is 390 g/mol. The minimum atomic E-state index is -1.21. The van der Waals surface area contributed by atoms with Crippen LogP contribution in [-0.2, 0) is 0 Å². The normalized spacial score (nSPS) is 11.9. The highest BCUT2D eigenvalue weighted by atomic mass is 32.1. The lowest BCUT2D eigenvalue weighted by atomic mass is 10.0. The summed E-state index contributed by atoms with van der Waals surface area (Å²) in [5.74, 6) is -2.39. The molecule has 28 heavy (non-hydrogen) atoms. The largest absolute Gasteiger partial charge is 0.453 e. The van der Waals surface area contributed by atoms with Crippen molar-refractivity contribution in [1.82, 2.24) is 4.98 Å². The van der Waals surface area contributed by atoms with E-state index in [0.717, 1.165) is 17.4 Å². The number of thiazole rings is 1. The Morgan fingerprint density at radius 1 is 1.18 bits per heavy atom. The van der Waals surface area contributed by atoms with Crippen LogP contribution in [0.15, 0.2) is 69.2 Å². The Hall–Kier alpha value is -3.63. The first-order valence-electron chi connectivity index (χ1n) is 8.25. The Balaban J connectivity index is 1.70. The molecule has 1 atom stereocenters. The molecule has 0 fully saturated rings. The third kappa shape index (κ3) is 3.21. The van der Waals surface area contributed by atoms with E-state index in [1.165, 1.54) is 12.1 Å². The number of carbonyl (C=O) groups is 1. The number of ketones is 1. The van der Waals surface area contributed by atoms with Crippen LogP contribution < -0.4 is 5.43 Å². The Morgan fingerprint density at radius 2 is 1.93 bits per heavy atom. The van der Waals surface area contributed by atoms with Crippen molar-refractivity contribution in [3.63, 3.8) is 0 Å². The molecule has 0 amide bonds. The smallest absolute Gasteiger partial charge is 0.222 e. The van der Waals surface area contributed by atoms with E-state index in [9.17, 15) is 19.2 Å². The Kier molecular flexibility index (Phi) is 4.55. The molecule has 0 saturated carbocycles. The maximum atomic E-state index is 13.1. The Morgan fingerprint density at radius 3 is 2.68 bits per heavy atom. The van der Waals surface area contributed by atoms with Gasteiger partial charge in [-0.25, -0.2) is 9.37 Å². The summed E-state index contributed by atoms with van der Waals surface area (Å²) >= 11 is 1.14. The van der Waals surface area contributed by atoms with Crippen LogP contribution in [0.2, 0.25) is 0 Å². The zero-order valence-electron chi connectivity index (χ0n) is 14.3. The zero-order chi connectivity index (χ0) is 19.7. The molecule has 0 spiro atoms. The van der Waals surface area contributed by atoms with Gasteiger partial charge in [0.1, 0.15) is 16.4 Å². The number of hydrogen-bond acceptors (Lipinski definition) is 6. The Bertz CT molecular complexity index is 1290. The van der Waals surface area contributed by atoms with E-state index in [-0.39, 0.29) is 27.6 Å². The second-order valence-electron chi connectivity index (χ2n) is 5.98. The van der Waals surface area contributed by atoms with Gasteiger partial charge < -0.3 is 4.42 Å². The fourth-order valence-electron chi connectivity index (χ4n) is 2.77. The van der Waals surface area contributed by atoms with Gasteiger partial charge in [-0.05, 0) is 36.4 Å². The molecule has 0 radical (unpaired) electrons. The third-order valence-corrected chi connectivity index (χ3v) is 5.09. The number of fused-ring (bicyclic) bond motifs is 1. The van der Waals surface area contributed by atoms with Crippen molar-refractivity contribution in [2.45, 2.75) is 5.92 Å². The first-order valence-corrected chi connectivity index (χ1v) is 9.13. The zero-order valence-corrected chi connectivity index (χ0v) is 15.1. The topological polar surface area (TPSA) is 84.0 Å². The van der Waals surface area contributed by atoms with E-state index >= 15 is 0 Å². The summed E-state index contributed by atoms with van der Waals surface area (Å²) in [6.45, 7) is 0. The molecule has 2 aromatic carbocycles. The van der Waals surface area contributed by atoms with Gasteiger partial charge in [0.15, 0.2) is 17.1 Å². The van der Waals surface area contributed by atoms with Gasteiger partial charge in [-0.15, -0.1) is 11.3 Å². The van der Waals surface area contributed by atoms with Crippen LogP contribution in [0.25, 0.3) is 22.2 Å². The maximum Gasteiger partial charge on any atom is 0.222 e. The van der Waals surface area contributed by atoms with E-state index < -0.39 is 11.7 Å². The van der Waals surface area contributed by atoms with Gasteiger partial charge >= 0.3 is 0 Å². The standard InChI is InChI=1S/C21H11FN2O3S/c22-13-7-5-12(6-8-13)16-11-28-21(24-16)15(10-23)20(26)19-9-17(25)14-3-1-2-4-18(14)27-19/h1-9,11,15H. The molecule has 0 N–H and O–H groups in total. The molecular formula is C21H11FN2O3S. The molecule has 2 heterocycles. The highest BCUT2D eigenvalue weighted by Crippen LogP contribution is 2.29. The quantitative estimate of drug-likeness (QED) is 0.478. The predicted octanol–water partition coefficient (Wildman–Crippen LogP) is 4.55. The number of nitrogens with zero attached hydrogens (tertiary/aromatic N) is 2. The van der Waals surface area contributed by atoms with Gasteiger partial charge in [0.2, 0.25) is 5.78 Å². The molecule has 0 aliphatic carbocycles. The lowest BCUT2D eigenvalue weighted by molar-refractivity contribution is 0.0952. The fourth-order valence-corrected chi connectivity index (χ4v) is 3.64. The predicted molar refractivity (Wildman–Crippen MR) is 103 cm³/mol. The molecule has 7 heteroatoms. The van der Waals surface area contributed by atoms with Gasteiger partial charge in [-0.2, -0.15) is 5.26 Å². The number of carbonyl (C=O) groups excluding carboxylic acids is 1. The summed E-state index contributed by atoms with van der Waals surface area (Å²) in [6.07, 6.45) is 0. The molecule has 5 nitrogen and oxygen atoms in total. The molecule has 0 aliphatic heterocycles. The van der Waals surface area contributed by atoms with E-state index in [0.29, 0.717) is 16.6 Å². The third-order valence-electron chi connectivity index (χ3n) is 4.18. The molecule has 4 rings (SSSR count). The molecule has 0 saturated heterocycles. The number of nitriles is 1. The van der Waals surface area contributed by atoms with Crippen molar-refractivity contribution in [3.8, 4) is 17.3 Å². The molecule has 0 aliphatic rings. The van der Waals surface area contributed by atoms with Crippen molar-refractivity contribution >= 4 is 28.1 Å². The summed E-state index contributed by atoms with van der Waals surface area (Å²) in [4.78, 5) is 29.4. The first-order chi connectivity index (χ1) is 13.6. The summed E-state index contributed by atoms with van der Waals surface area (Å²) < 4.78 is 18.6. The van der Waals surface area contributed by atoms with Crippen LogP contribution >= 0.6 is 11.3 Å². The summed E-state index contributed by atoms with van der Waals surface area (Å²) in [6, 6.07) is 15.4. The molecule has 4 aromatic rings. The number of Topliss-reactive ketones (excluding diaryl/α,β-unsaturated/α-hetero) is 1. The van der Waals surface area contributed by atoms with Crippen LogP contribution in [0.1, 0.15) is 21.5 Å². The van der Waals surface area contributed by atoms with E-state index in [1.807, 2.05) is 6.07 Å². The van der Waals surface area contributed by atoms with E-state index in [4.69, 9.17) is 4.42 Å². The van der Waals surface area contributed by atoms with Crippen LogP contribution in [0.5, 0.6) is 0 Å². The van der Waals surface area contributed by atoms with Crippen molar-refractivity contribution in [2.75, 3.05) is 0 Å². The minimum absolute atomic E-state index is 0.186. The van der Waals surface area contributed by atoms with Gasteiger partial charge in [-0.1, -0.05) is 12.1 Å². The van der Waals surface area contributed by atoms with Crippen LogP contribution in [0.4, 0.5) is 4.39 Å². The summed E-state index contributed by atoms with van der Waals surface area (Å²) in [5, 5.41) is 11.9. The van der Waals surface area contributed by atoms with Crippen LogP contribution in [0, 0.1) is 17.1 Å². The fraction of sp³-hybridized carbons (Fsp3) is 0.0476. The van der Waals surface area contributed by atoms with E-state index in [2.05, 4.69) is 4.98 Å². The van der Waals surface area contributed by atoms with Gasteiger partial charge in [-0.3, -0.25) is 9.59 Å². The summed E-state index contributed by atoms with van der Waals surface area (Å²) in [7, 11) is 0. The van der Waals surface area contributed by atoms with Crippen LogP contribution in [-0.4, -0.2) is 10.8 Å². The minimum Gasteiger partial charge on any atom is -0.453 e. The SMILES string of the molecule is N#CC(C(=O)c1cc(=O)c2ccccc2o1)c1nc(-c2ccc(F)cc2)cs1. The van der Waals surface area contributed by atoms with Crippen molar-refractivity contribution in [2.24, 2.45) is 0 Å². The molecule has 1 unspecified atom stereocenters. The Labute approximate surface area is 162 Å². The van der Waals surface area contributed by atoms with Crippen molar-refractivity contribution in [3.05, 3.63) is 86.8 Å². The average Bonchev–Trinajstić information content (AvgIpc) is 3.19. The van der Waals surface area contributed by atoms with E-state index in [1.54, 1.807) is 41.8 Å². The van der Waals surface area contributed by atoms with Crippen molar-refractivity contribution in [1.29, 1.82) is 5.26 Å². The number of hydrogen-bond donors (Lipinski definition) is 0. The summed E-state index contributed by atoms with van der Waals surface area (Å²) in [5.41, 5.74) is 1.13. The number of aromatic nitrogens is 1. The first kappa shape index (κ1) is 17.8. The number of halogens is 1. The van der Waals surface area contributed by atoms with Gasteiger partial charge in [0.25, 0.3) is 0 Å².